The molecule has 2 aliphatic rings. The van der Waals surface area contributed by atoms with Gasteiger partial charge in [0, 0.05) is 25.2 Å². The number of benzene rings is 1. The van der Waals surface area contributed by atoms with Crippen molar-refractivity contribution in [2.24, 2.45) is 0 Å². The van der Waals surface area contributed by atoms with Crippen LogP contribution in [0, 0.1) is 0 Å². The van der Waals surface area contributed by atoms with Crippen LogP contribution in [0.2, 0.25) is 0 Å². The molecule has 2 saturated heterocycles. The van der Waals surface area contributed by atoms with Gasteiger partial charge in [-0.05, 0) is 24.6 Å². The molecule has 0 spiro atoms. The zero-order valence-electron chi connectivity index (χ0n) is 12.9. The molecule has 1 aromatic heterocycles. The molecule has 2 aliphatic heterocycles. The van der Waals surface area contributed by atoms with Crippen molar-refractivity contribution in [1.82, 2.24) is 20.4 Å². The van der Waals surface area contributed by atoms with E-state index in [1.165, 1.54) is 5.56 Å². The third-order valence-electron chi connectivity index (χ3n) is 4.26. The van der Waals surface area contributed by atoms with Crippen LogP contribution in [0.5, 0.6) is 0 Å². The van der Waals surface area contributed by atoms with Crippen molar-refractivity contribution in [3.05, 3.63) is 35.7 Å². The molecule has 124 valence electrons. The van der Waals surface area contributed by atoms with Crippen molar-refractivity contribution in [2.75, 3.05) is 32.8 Å². The molecule has 1 atom stereocenters. The fourth-order valence-corrected chi connectivity index (χ4v) is 2.82. The lowest BCUT2D eigenvalue weighted by Gasteiger charge is -2.26. The van der Waals surface area contributed by atoms with E-state index in [0.29, 0.717) is 11.7 Å². The minimum Gasteiger partial charge on any atom is -0.379 e. The fraction of sp³-hybridized carbons (Fsp3) is 0.500. The van der Waals surface area contributed by atoms with E-state index in [9.17, 15) is 0 Å². The lowest BCUT2D eigenvalue weighted by Crippen LogP contribution is -2.35. The van der Waals surface area contributed by atoms with Gasteiger partial charge < -0.3 is 14.6 Å². The Morgan fingerprint density at radius 2 is 2.09 bits per heavy atom. The summed E-state index contributed by atoms with van der Waals surface area (Å²) in [7, 11) is 0. The topological polar surface area (TPSA) is 63.4 Å². The first-order valence-corrected chi connectivity index (χ1v) is 7.85. The number of aromatic nitrogens is 2. The molecule has 1 aromatic carbocycles. The lowest BCUT2D eigenvalue weighted by atomic mass is 10.1. The summed E-state index contributed by atoms with van der Waals surface area (Å²) in [4.78, 5) is 6.92. The van der Waals surface area contributed by atoms with Gasteiger partial charge in [-0.25, -0.2) is 0 Å². The molecule has 7 heteroatoms. The molecule has 0 unspecified atom stereocenters. The Morgan fingerprint density at radius 3 is 2.83 bits per heavy atom. The maximum atomic E-state index is 5.39. The standard InChI is InChI=1S/C16H20N4O2.ClH/c1-2-12(11-20-6-8-21-9-7-20)10-13(3-1)15-18-16(22-19-15)14-4-5-17-14;/h1-3,10,14,17H,4-9,11H2;1H/t14-;/m1./s1. The molecule has 0 amide bonds. The van der Waals surface area contributed by atoms with E-state index in [0.717, 1.165) is 51.4 Å². The molecule has 0 saturated carbocycles. The van der Waals surface area contributed by atoms with Crippen molar-refractivity contribution in [2.45, 2.75) is 19.0 Å². The summed E-state index contributed by atoms with van der Waals surface area (Å²) >= 11 is 0. The van der Waals surface area contributed by atoms with Gasteiger partial charge >= 0.3 is 0 Å². The quantitative estimate of drug-likeness (QED) is 0.921. The van der Waals surface area contributed by atoms with Gasteiger partial charge in [-0.15, -0.1) is 12.4 Å². The number of morpholine rings is 1. The Morgan fingerprint density at radius 1 is 1.26 bits per heavy atom. The normalized spacial score (nSPS) is 21.5. The highest BCUT2D eigenvalue weighted by molar-refractivity contribution is 5.85. The highest BCUT2D eigenvalue weighted by Gasteiger charge is 2.24. The van der Waals surface area contributed by atoms with Crippen LogP contribution in [0.25, 0.3) is 11.4 Å². The lowest BCUT2D eigenvalue weighted by molar-refractivity contribution is 0.0342. The molecule has 6 nitrogen and oxygen atoms in total. The largest absolute Gasteiger partial charge is 0.379 e. The molecule has 2 fully saturated rings. The smallest absolute Gasteiger partial charge is 0.244 e. The van der Waals surface area contributed by atoms with Gasteiger partial charge in [-0.1, -0.05) is 23.4 Å². The van der Waals surface area contributed by atoms with E-state index >= 15 is 0 Å². The number of rotatable bonds is 4. The van der Waals surface area contributed by atoms with Crippen LogP contribution in [-0.4, -0.2) is 47.9 Å². The second-order valence-corrected chi connectivity index (χ2v) is 5.84. The van der Waals surface area contributed by atoms with Crippen LogP contribution in [0.15, 0.2) is 28.8 Å². The first-order chi connectivity index (χ1) is 10.9. The molecule has 4 rings (SSSR count). The first kappa shape index (κ1) is 16.4. The monoisotopic (exact) mass is 336 g/mol. The Hall–Kier alpha value is -1.47. The van der Waals surface area contributed by atoms with Crippen LogP contribution in [0.4, 0.5) is 0 Å². The van der Waals surface area contributed by atoms with Gasteiger partial charge in [0.1, 0.15) is 0 Å². The summed E-state index contributed by atoms with van der Waals surface area (Å²) < 4.78 is 10.8. The van der Waals surface area contributed by atoms with Crippen molar-refractivity contribution >= 4 is 12.4 Å². The third kappa shape index (κ3) is 3.72. The average Bonchev–Trinajstić information content (AvgIpc) is 2.96. The summed E-state index contributed by atoms with van der Waals surface area (Å²) in [5.74, 6) is 1.37. The summed E-state index contributed by atoms with van der Waals surface area (Å²) in [5, 5.41) is 7.39. The predicted octanol–water partition coefficient (Wildman–Crippen LogP) is 2.02. The predicted molar refractivity (Wildman–Crippen MR) is 88.4 cm³/mol. The summed E-state index contributed by atoms with van der Waals surface area (Å²) in [5.41, 5.74) is 2.28. The molecule has 0 radical (unpaired) electrons. The van der Waals surface area contributed by atoms with Gasteiger partial charge in [0.25, 0.3) is 0 Å². The van der Waals surface area contributed by atoms with Gasteiger partial charge in [0.15, 0.2) is 0 Å². The van der Waals surface area contributed by atoms with Crippen LogP contribution >= 0.6 is 12.4 Å². The molecule has 2 aromatic rings. The Kier molecular flexibility index (Phi) is 5.27. The summed E-state index contributed by atoms with van der Waals surface area (Å²) in [6.07, 6.45) is 1.07. The van der Waals surface area contributed by atoms with Crippen LogP contribution in [0.1, 0.15) is 23.9 Å². The molecule has 1 N–H and O–H groups in total. The third-order valence-corrected chi connectivity index (χ3v) is 4.26. The molecule has 0 bridgehead atoms. The number of nitrogens with zero attached hydrogens (tertiary/aromatic N) is 3. The van der Waals surface area contributed by atoms with Gasteiger partial charge in [-0.3, -0.25) is 4.90 Å². The summed E-state index contributed by atoms with van der Waals surface area (Å²) in [6.45, 7) is 5.59. The van der Waals surface area contributed by atoms with Crippen LogP contribution in [-0.2, 0) is 11.3 Å². The Bertz CT molecular complexity index is 639. The number of ether oxygens (including phenoxy) is 1. The summed E-state index contributed by atoms with van der Waals surface area (Å²) in [6, 6.07) is 8.62. The number of halogens is 1. The molecular weight excluding hydrogens is 316 g/mol. The van der Waals surface area contributed by atoms with E-state index in [-0.39, 0.29) is 18.4 Å². The van der Waals surface area contributed by atoms with E-state index in [1.807, 2.05) is 6.07 Å². The van der Waals surface area contributed by atoms with Crippen molar-refractivity contribution in [1.29, 1.82) is 0 Å². The van der Waals surface area contributed by atoms with E-state index < -0.39 is 0 Å². The number of nitrogens with one attached hydrogen (secondary N) is 1. The van der Waals surface area contributed by atoms with E-state index in [1.54, 1.807) is 0 Å². The molecule has 3 heterocycles. The fourth-order valence-electron chi connectivity index (χ4n) is 2.82. The SMILES string of the molecule is Cl.c1cc(CN2CCOCC2)cc(-c2noc([C@H]3CCN3)n2)c1. The maximum absolute atomic E-state index is 5.39. The van der Waals surface area contributed by atoms with Gasteiger partial charge in [0.2, 0.25) is 11.7 Å². The molecular formula is C16H21ClN4O2. The van der Waals surface area contributed by atoms with Crippen molar-refractivity contribution in [3.63, 3.8) is 0 Å². The number of hydrogen-bond acceptors (Lipinski definition) is 6. The zero-order valence-corrected chi connectivity index (χ0v) is 13.7. The molecule has 23 heavy (non-hydrogen) atoms. The van der Waals surface area contributed by atoms with Crippen molar-refractivity contribution < 1.29 is 9.26 Å². The van der Waals surface area contributed by atoms with Crippen LogP contribution < -0.4 is 5.32 Å². The van der Waals surface area contributed by atoms with E-state index in [4.69, 9.17) is 9.26 Å². The maximum Gasteiger partial charge on any atom is 0.244 e. The highest BCUT2D eigenvalue weighted by Crippen LogP contribution is 2.24. The van der Waals surface area contributed by atoms with E-state index in [2.05, 4.69) is 38.6 Å². The second-order valence-electron chi connectivity index (χ2n) is 5.84. The van der Waals surface area contributed by atoms with Gasteiger partial charge in [0.05, 0.1) is 19.3 Å². The molecule has 0 aliphatic carbocycles. The van der Waals surface area contributed by atoms with Gasteiger partial charge in [-0.2, -0.15) is 4.98 Å². The van der Waals surface area contributed by atoms with Crippen LogP contribution in [0.3, 0.4) is 0 Å². The average molecular weight is 337 g/mol. The Labute approximate surface area is 141 Å². The highest BCUT2D eigenvalue weighted by atomic mass is 35.5. The second kappa shape index (κ2) is 7.40. The zero-order chi connectivity index (χ0) is 14.8. The van der Waals surface area contributed by atoms with Crippen molar-refractivity contribution in [3.8, 4) is 11.4 Å². The Balaban J connectivity index is 0.00000156. The number of hydrogen-bond donors (Lipinski definition) is 1. The minimum absolute atomic E-state index is 0. The first-order valence-electron chi connectivity index (χ1n) is 7.85. The minimum atomic E-state index is 0.